The van der Waals surface area contributed by atoms with Gasteiger partial charge in [0.2, 0.25) is 0 Å². The van der Waals surface area contributed by atoms with Gasteiger partial charge in [0.1, 0.15) is 0 Å². The molecular weight excluding hydrogens is 262 g/mol. The number of hydrogen-bond acceptors (Lipinski definition) is 5. The van der Waals surface area contributed by atoms with Crippen LogP contribution in [0.5, 0.6) is 0 Å². The van der Waals surface area contributed by atoms with Crippen molar-refractivity contribution >= 4 is 17.6 Å². The lowest BCUT2D eigenvalue weighted by molar-refractivity contribution is 0.0594. The van der Waals surface area contributed by atoms with Gasteiger partial charge in [-0.25, -0.2) is 4.79 Å². The van der Waals surface area contributed by atoms with E-state index in [0.717, 1.165) is 5.69 Å². The van der Waals surface area contributed by atoms with E-state index in [4.69, 9.17) is 0 Å². The summed E-state index contributed by atoms with van der Waals surface area (Å²) in [6.45, 7) is 1.78. The predicted molar refractivity (Wildman–Crippen MR) is 70.4 cm³/mol. The largest absolute Gasteiger partial charge is 0.464 e. The third-order valence-electron chi connectivity index (χ3n) is 2.94. The van der Waals surface area contributed by atoms with E-state index in [9.17, 15) is 9.59 Å². The van der Waals surface area contributed by atoms with Gasteiger partial charge in [0.15, 0.2) is 5.69 Å². The molecule has 20 heavy (non-hydrogen) atoms. The fourth-order valence-electron chi connectivity index (χ4n) is 1.74. The number of anilines is 1. The molecule has 0 bridgehead atoms. The number of ether oxygens (including phenoxy) is 1. The van der Waals surface area contributed by atoms with Crippen LogP contribution in [0.1, 0.15) is 26.5 Å². The summed E-state index contributed by atoms with van der Waals surface area (Å²) in [6, 6.07) is 0. The van der Waals surface area contributed by atoms with Crippen LogP contribution in [0.25, 0.3) is 0 Å². The smallest absolute Gasteiger partial charge is 0.360 e. The van der Waals surface area contributed by atoms with Crippen molar-refractivity contribution in [1.29, 1.82) is 0 Å². The zero-order chi connectivity index (χ0) is 14.9. The standard InChI is InChI=1S/C12H15N5O3/c1-7-8(5-13-17(7)3)11(18)14-9-6-16(2)15-10(9)12(19)20-4/h5-6H,1-4H3,(H,14,18). The number of methoxy groups -OCH3 is 1. The number of amides is 1. The molecule has 0 radical (unpaired) electrons. The van der Waals surface area contributed by atoms with Crippen LogP contribution in [0, 0.1) is 6.92 Å². The van der Waals surface area contributed by atoms with Crippen molar-refractivity contribution in [2.24, 2.45) is 14.1 Å². The molecule has 0 fully saturated rings. The molecule has 8 nitrogen and oxygen atoms in total. The van der Waals surface area contributed by atoms with Crippen LogP contribution in [-0.2, 0) is 18.8 Å². The molecule has 0 saturated carbocycles. The van der Waals surface area contributed by atoms with Crippen molar-refractivity contribution in [3.05, 3.63) is 29.3 Å². The SMILES string of the molecule is COC(=O)c1nn(C)cc1NC(=O)c1cnn(C)c1C. The molecule has 0 aromatic carbocycles. The van der Waals surface area contributed by atoms with Gasteiger partial charge in [-0.1, -0.05) is 0 Å². The molecule has 0 atom stereocenters. The molecule has 1 amide bonds. The molecule has 0 unspecified atom stereocenters. The van der Waals surface area contributed by atoms with Crippen LogP contribution < -0.4 is 5.32 Å². The minimum Gasteiger partial charge on any atom is -0.464 e. The molecule has 8 heteroatoms. The summed E-state index contributed by atoms with van der Waals surface area (Å²) in [5.41, 5.74) is 1.52. The highest BCUT2D eigenvalue weighted by atomic mass is 16.5. The van der Waals surface area contributed by atoms with Crippen molar-refractivity contribution in [3.63, 3.8) is 0 Å². The first-order valence-corrected chi connectivity index (χ1v) is 5.86. The predicted octanol–water partition coefficient (Wildman–Crippen LogP) is 0.501. The lowest BCUT2D eigenvalue weighted by Crippen LogP contribution is -2.15. The second-order valence-corrected chi connectivity index (χ2v) is 4.28. The van der Waals surface area contributed by atoms with E-state index in [1.54, 1.807) is 25.7 Å². The lowest BCUT2D eigenvalue weighted by atomic mass is 10.2. The Hall–Kier alpha value is -2.64. The minimum absolute atomic E-state index is 0.0601. The summed E-state index contributed by atoms with van der Waals surface area (Å²) in [4.78, 5) is 23.7. The minimum atomic E-state index is -0.608. The van der Waals surface area contributed by atoms with Crippen LogP contribution in [0.4, 0.5) is 5.69 Å². The fourth-order valence-corrected chi connectivity index (χ4v) is 1.74. The number of hydrogen-bond donors (Lipinski definition) is 1. The Morgan fingerprint density at radius 2 is 2.05 bits per heavy atom. The fraction of sp³-hybridized carbons (Fsp3) is 0.333. The van der Waals surface area contributed by atoms with E-state index in [1.807, 2.05) is 0 Å². The molecule has 0 aliphatic heterocycles. The Morgan fingerprint density at radius 3 is 2.60 bits per heavy atom. The van der Waals surface area contributed by atoms with Crippen LogP contribution in [0.2, 0.25) is 0 Å². The average Bonchev–Trinajstić information content (AvgIpc) is 2.93. The van der Waals surface area contributed by atoms with E-state index in [1.165, 1.54) is 24.2 Å². The first-order valence-electron chi connectivity index (χ1n) is 5.86. The summed E-state index contributed by atoms with van der Waals surface area (Å²) in [5.74, 6) is -0.961. The van der Waals surface area contributed by atoms with Crippen LogP contribution in [0.3, 0.4) is 0 Å². The summed E-state index contributed by atoms with van der Waals surface area (Å²) in [6.07, 6.45) is 3.01. The maximum absolute atomic E-state index is 12.2. The number of nitrogens with one attached hydrogen (secondary N) is 1. The number of nitrogens with zero attached hydrogens (tertiary/aromatic N) is 4. The second-order valence-electron chi connectivity index (χ2n) is 4.28. The molecule has 1 N–H and O–H groups in total. The Labute approximate surface area is 115 Å². The van der Waals surface area contributed by atoms with Crippen LogP contribution in [-0.4, -0.2) is 38.5 Å². The second kappa shape index (κ2) is 5.16. The van der Waals surface area contributed by atoms with Crippen molar-refractivity contribution in [1.82, 2.24) is 19.6 Å². The molecule has 2 aromatic rings. The van der Waals surface area contributed by atoms with Crippen molar-refractivity contribution in [2.75, 3.05) is 12.4 Å². The topological polar surface area (TPSA) is 91.0 Å². The van der Waals surface area contributed by atoms with Crippen molar-refractivity contribution < 1.29 is 14.3 Å². The molecule has 0 spiro atoms. The number of aryl methyl sites for hydroxylation is 2. The lowest BCUT2D eigenvalue weighted by Gasteiger charge is -2.04. The van der Waals surface area contributed by atoms with Crippen molar-refractivity contribution in [2.45, 2.75) is 6.92 Å². The summed E-state index contributed by atoms with van der Waals surface area (Å²) in [5, 5.41) is 10.6. The maximum atomic E-state index is 12.2. The monoisotopic (exact) mass is 277 g/mol. The van der Waals surface area contributed by atoms with E-state index < -0.39 is 5.97 Å². The number of carbonyl (C=O) groups excluding carboxylic acids is 2. The Bertz CT molecular complexity index is 671. The highest BCUT2D eigenvalue weighted by Crippen LogP contribution is 2.16. The third kappa shape index (κ3) is 2.40. The van der Waals surface area contributed by atoms with Gasteiger partial charge in [-0.15, -0.1) is 0 Å². The van der Waals surface area contributed by atoms with Gasteiger partial charge in [0.25, 0.3) is 5.91 Å². The zero-order valence-corrected chi connectivity index (χ0v) is 11.7. The summed E-state index contributed by atoms with van der Waals surface area (Å²) >= 11 is 0. The van der Waals surface area contributed by atoms with E-state index in [-0.39, 0.29) is 11.6 Å². The highest BCUT2D eigenvalue weighted by Gasteiger charge is 2.20. The highest BCUT2D eigenvalue weighted by molar-refractivity contribution is 6.07. The van der Waals surface area contributed by atoms with E-state index in [2.05, 4.69) is 20.3 Å². The van der Waals surface area contributed by atoms with E-state index in [0.29, 0.717) is 11.3 Å². The van der Waals surface area contributed by atoms with Gasteiger partial charge in [0, 0.05) is 26.0 Å². The normalized spacial score (nSPS) is 10.4. The molecule has 2 rings (SSSR count). The maximum Gasteiger partial charge on any atom is 0.360 e. The van der Waals surface area contributed by atoms with Gasteiger partial charge in [-0.3, -0.25) is 14.2 Å². The quantitative estimate of drug-likeness (QED) is 0.825. The molecular formula is C12H15N5O3. The zero-order valence-electron chi connectivity index (χ0n) is 11.7. The number of rotatable bonds is 3. The molecule has 2 aromatic heterocycles. The van der Waals surface area contributed by atoms with E-state index >= 15 is 0 Å². The molecule has 0 aliphatic rings. The first-order chi connectivity index (χ1) is 9.43. The Morgan fingerprint density at radius 1 is 1.35 bits per heavy atom. The van der Waals surface area contributed by atoms with Crippen LogP contribution in [0.15, 0.2) is 12.4 Å². The average molecular weight is 277 g/mol. The molecule has 0 aliphatic carbocycles. The Kier molecular flexibility index (Phi) is 3.55. The van der Waals surface area contributed by atoms with Gasteiger partial charge >= 0.3 is 5.97 Å². The van der Waals surface area contributed by atoms with Gasteiger partial charge in [0.05, 0.1) is 24.6 Å². The van der Waals surface area contributed by atoms with Gasteiger partial charge in [-0.05, 0) is 6.92 Å². The molecule has 0 saturated heterocycles. The summed E-state index contributed by atoms with van der Waals surface area (Å²) < 4.78 is 7.65. The molecule has 106 valence electrons. The van der Waals surface area contributed by atoms with Crippen LogP contribution >= 0.6 is 0 Å². The number of aromatic nitrogens is 4. The summed E-state index contributed by atoms with van der Waals surface area (Å²) in [7, 11) is 4.65. The molecule has 2 heterocycles. The Balaban J connectivity index is 2.28. The first kappa shape index (κ1) is 13.8. The van der Waals surface area contributed by atoms with Gasteiger partial charge < -0.3 is 10.1 Å². The van der Waals surface area contributed by atoms with Crippen molar-refractivity contribution in [3.8, 4) is 0 Å². The number of esters is 1. The number of carbonyl (C=O) groups is 2. The van der Waals surface area contributed by atoms with Gasteiger partial charge in [-0.2, -0.15) is 10.2 Å². The third-order valence-corrected chi connectivity index (χ3v) is 2.94.